The van der Waals surface area contributed by atoms with Gasteiger partial charge in [0.1, 0.15) is 6.04 Å². The van der Waals surface area contributed by atoms with Crippen molar-refractivity contribution in [3.05, 3.63) is 0 Å². The van der Waals surface area contributed by atoms with Gasteiger partial charge in [0.2, 0.25) is 17.7 Å². The highest BCUT2D eigenvalue weighted by Gasteiger charge is 2.26. The fourth-order valence-electron chi connectivity index (χ4n) is 3.31. The van der Waals surface area contributed by atoms with Crippen LogP contribution in [0, 0.1) is 11.3 Å². The van der Waals surface area contributed by atoms with Crippen molar-refractivity contribution in [1.82, 2.24) is 16.0 Å². The molecule has 0 heterocycles. The lowest BCUT2D eigenvalue weighted by molar-refractivity contribution is -0.130. The molecule has 0 radical (unpaired) electrons. The average molecular weight is 694 g/mol. The summed E-state index contributed by atoms with van der Waals surface area (Å²) in [6.45, 7) is 9.26. The second-order valence-electron chi connectivity index (χ2n) is 11.3. The lowest BCUT2D eigenvalue weighted by Gasteiger charge is -2.22. The smallest absolute Gasteiger partial charge is 0.396 e. The van der Waals surface area contributed by atoms with Crippen LogP contribution in [0.1, 0.15) is 60.8 Å². The number of hydrogen-bond donors (Lipinski definition) is 6. The molecular weight excluding hydrogens is 640 g/mol. The van der Waals surface area contributed by atoms with Crippen LogP contribution in [0.15, 0.2) is 0 Å². The van der Waals surface area contributed by atoms with E-state index < -0.39 is 50.9 Å². The van der Waals surface area contributed by atoms with Gasteiger partial charge in [0.05, 0.1) is 52.4 Å². The first-order valence-corrected chi connectivity index (χ1v) is 17.7. The van der Waals surface area contributed by atoms with E-state index in [9.17, 15) is 38.4 Å². The number of carbonyl (C=O) groups is 3. The maximum absolute atomic E-state index is 12.5. The van der Waals surface area contributed by atoms with Crippen LogP contribution in [-0.2, 0) is 51.1 Å². The van der Waals surface area contributed by atoms with E-state index in [0.717, 1.165) is 0 Å². The van der Waals surface area contributed by atoms with Crippen LogP contribution in [0.4, 0.5) is 0 Å². The molecule has 0 saturated heterocycles. The number of aliphatic hydroxyl groups excluding tert-OH is 1. The fourth-order valence-corrected chi connectivity index (χ4v) is 4.99. The summed E-state index contributed by atoms with van der Waals surface area (Å²) in [5.41, 5.74) is -0.648. The maximum atomic E-state index is 12.5. The summed E-state index contributed by atoms with van der Waals surface area (Å²) in [4.78, 5) is 55.4. The second kappa shape index (κ2) is 22.9. The van der Waals surface area contributed by atoms with Gasteiger partial charge in [0, 0.05) is 38.0 Å². The highest BCUT2D eigenvalue weighted by molar-refractivity contribution is 7.47. The molecule has 0 aliphatic heterocycles. The van der Waals surface area contributed by atoms with Gasteiger partial charge in [-0.1, -0.05) is 27.2 Å². The molecule has 0 aliphatic rings. The number of amides is 3. The third-order valence-electron chi connectivity index (χ3n) is 5.59. The normalized spacial score (nSPS) is 16.0. The number of unbranched alkanes of at least 4 members (excludes halogenated alkanes) is 1. The van der Waals surface area contributed by atoms with E-state index in [2.05, 4.69) is 16.0 Å². The zero-order chi connectivity index (χ0) is 34.5. The van der Waals surface area contributed by atoms with Gasteiger partial charge in [-0.25, -0.2) is 9.13 Å². The Labute approximate surface area is 265 Å². The van der Waals surface area contributed by atoms with Crippen molar-refractivity contribution in [2.24, 2.45) is 11.3 Å². The topological polar surface area (TPSA) is 238 Å². The van der Waals surface area contributed by atoms with E-state index in [4.69, 9.17) is 27.6 Å². The molecule has 0 aliphatic carbocycles. The Bertz CT molecular complexity index is 964. The predicted molar refractivity (Wildman–Crippen MR) is 163 cm³/mol. The minimum atomic E-state index is -4.38. The number of aliphatic hydroxyl groups is 1. The van der Waals surface area contributed by atoms with Gasteiger partial charge in [-0.05, 0) is 26.7 Å². The molecule has 4 atom stereocenters. The first kappa shape index (κ1) is 43.5. The summed E-state index contributed by atoms with van der Waals surface area (Å²) in [5, 5.41) is 17.5. The first-order chi connectivity index (χ1) is 20.9. The van der Waals surface area contributed by atoms with E-state index >= 15 is 0 Å². The fraction of sp³-hybridized carbons (Fsp3) is 0.885. The Morgan fingerprint density at radius 3 is 1.89 bits per heavy atom. The van der Waals surface area contributed by atoms with Gasteiger partial charge < -0.3 is 40.3 Å². The molecule has 0 bridgehead atoms. The van der Waals surface area contributed by atoms with Gasteiger partial charge in [-0.15, -0.1) is 0 Å². The molecule has 6 N–H and O–H groups in total. The van der Waals surface area contributed by atoms with E-state index in [-0.39, 0.29) is 71.9 Å². The van der Waals surface area contributed by atoms with Crippen LogP contribution in [0.2, 0.25) is 0 Å². The average Bonchev–Trinajstić information content (AvgIpc) is 2.91. The van der Waals surface area contributed by atoms with Crippen molar-refractivity contribution in [1.29, 1.82) is 0 Å². The van der Waals surface area contributed by atoms with Crippen molar-refractivity contribution in [3.8, 4) is 0 Å². The number of phosphoric ester groups is 2. The number of carbonyl (C=O) groups excluding carboxylic acids is 3. The Kier molecular flexibility index (Phi) is 22.2. The van der Waals surface area contributed by atoms with Crippen LogP contribution < -0.4 is 16.0 Å². The molecular formula is C26H53N3O14P2. The molecule has 0 saturated carbocycles. The summed E-state index contributed by atoms with van der Waals surface area (Å²) < 4.78 is 53.3. The Balaban J connectivity index is 4.13. The van der Waals surface area contributed by atoms with Crippen LogP contribution in [-0.4, -0.2) is 111 Å². The van der Waals surface area contributed by atoms with Crippen LogP contribution >= 0.6 is 15.6 Å². The molecule has 45 heavy (non-hydrogen) atoms. The molecule has 0 aromatic heterocycles. The van der Waals surface area contributed by atoms with E-state index in [1.54, 1.807) is 34.6 Å². The number of hydrogen-bond acceptors (Lipinski definition) is 12. The number of rotatable bonds is 26. The quantitative estimate of drug-likeness (QED) is 0.0553. The first-order valence-electron chi connectivity index (χ1n) is 14.8. The molecule has 266 valence electrons. The van der Waals surface area contributed by atoms with Crippen molar-refractivity contribution < 1.29 is 66.0 Å². The molecule has 0 aromatic rings. The zero-order valence-corrected chi connectivity index (χ0v) is 28.9. The highest BCUT2D eigenvalue weighted by Crippen LogP contribution is 2.44. The minimum Gasteiger partial charge on any atom is -0.396 e. The molecule has 17 nitrogen and oxygen atoms in total. The lowest BCUT2D eigenvalue weighted by Crippen LogP contribution is -2.53. The summed E-state index contributed by atoms with van der Waals surface area (Å²) in [5.74, 6) is -1.57. The Hall–Kier alpha value is -1.49. The van der Waals surface area contributed by atoms with E-state index in [0.29, 0.717) is 19.3 Å². The summed E-state index contributed by atoms with van der Waals surface area (Å²) >= 11 is 0. The molecule has 19 heteroatoms. The molecule has 0 rings (SSSR count). The van der Waals surface area contributed by atoms with Gasteiger partial charge in [0.25, 0.3) is 0 Å². The largest absolute Gasteiger partial charge is 0.472 e. The van der Waals surface area contributed by atoms with Gasteiger partial charge >= 0.3 is 15.6 Å². The summed E-state index contributed by atoms with van der Waals surface area (Å²) in [7, 11) is -8.50. The Morgan fingerprint density at radius 1 is 0.822 bits per heavy atom. The Morgan fingerprint density at radius 2 is 1.38 bits per heavy atom. The SMILES string of the molecule is CC(=O)N[C@@H](CNC(=O)C(C)(C)C)C(=O)NCCCCC(CO)COP(=O)(O)OCCOCCOCCOP(=O)(O)OC(C)C. The number of ether oxygens (including phenoxy) is 2. The van der Waals surface area contributed by atoms with Gasteiger partial charge in [-0.2, -0.15) is 0 Å². The third-order valence-corrected chi connectivity index (χ3v) is 7.77. The summed E-state index contributed by atoms with van der Waals surface area (Å²) in [6.07, 6.45) is 1.06. The molecule has 3 amide bonds. The van der Waals surface area contributed by atoms with E-state index in [1.165, 1.54) is 6.92 Å². The van der Waals surface area contributed by atoms with Crippen molar-refractivity contribution in [2.45, 2.75) is 73.0 Å². The molecule has 0 aromatic carbocycles. The van der Waals surface area contributed by atoms with E-state index in [1.807, 2.05) is 0 Å². The molecule has 0 spiro atoms. The number of phosphoric acid groups is 2. The van der Waals surface area contributed by atoms with Gasteiger partial charge in [0.15, 0.2) is 0 Å². The van der Waals surface area contributed by atoms with Crippen molar-refractivity contribution >= 4 is 33.4 Å². The maximum Gasteiger partial charge on any atom is 0.472 e. The second-order valence-corrected chi connectivity index (χ2v) is 14.2. The lowest BCUT2D eigenvalue weighted by atomic mass is 9.95. The van der Waals surface area contributed by atoms with Gasteiger partial charge in [-0.3, -0.25) is 32.5 Å². The van der Waals surface area contributed by atoms with Crippen LogP contribution in [0.5, 0.6) is 0 Å². The van der Waals surface area contributed by atoms with Crippen LogP contribution in [0.25, 0.3) is 0 Å². The highest BCUT2D eigenvalue weighted by atomic mass is 31.2. The molecule has 3 unspecified atom stereocenters. The standard InChI is InChI=1S/C26H53N3O14P2/c1-20(2)43-45(36,37)41-16-14-39-12-11-38-13-15-40-44(34,35)42-19-22(18-30)9-7-8-10-27-24(32)23(29-21(3)31)17-28-25(33)26(4,5)6/h20,22-23,30H,7-19H2,1-6H3,(H,27,32)(H,28,33)(H,29,31)(H,34,35)(H,36,37)/t22?,23-/m0/s1. The third kappa shape index (κ3) is 24.4. The predicted octanol–water partition coefficient (Wildman–Crippen LogP) is 1.26. The zero-order valence-electron chi connectivity index (χ0n) is 27.2. The monoisotopic (exact) mass is 693 g/mol. The molecule has 0 fully saturated rings. The minimum absolute atomic E-state index is 0.0251. The number of nitrogens with one attached hydrogen (secondary N) is 3. The van der Waals surface area contributed by atoms with Crippen molar-refractivity contribution in [2.75, 3.05) is 65.9 Å². The summed E-state index contributed by atoms with van der Waals surface area (Å²) in [6, 6.07) is -0.935. The van der Waals surface area contributed by atoms with Crippen LogP contribution in [0.3, 0.4) is 0 Å². The van der Waals surface area contributed by atoms with Crippen molar-refractivity contribution in [3.63, 3.8) is 0 Å².